The SMILES string of the molecule is CCOC(=O)c1ccc(NC(=O)COc2cccc(C(C)=O)c2)cc1. The van der Waals surface area contributed by atoms with Crippen molar-refractivity contribution in [3.63, 3.8) is 0 Å². The lowest BCUT2D eigenvalue weighted by molar-refractivity contribution is -0.118. The Balaban J connectivity index is 1.89. The zero-order chi connectivity index (χ0) is 18.2. The molecule has 0 fully saturated rings. The van der Waals surface area contributed by atoms with Gasteiger partial charge in [-0.25, -0.2) is 4.79 Å². The smallest absolute Gasteiger partial charge is 0.338 e. The highest BCUT2D eigenvalue weighted by atomic mass is 16.5. The van der Waals surface area contributed by atoms with Crippen molar-refractivity contribution in [1.82, 2.24) is 0 Å². The number of benzene rings is 2. The molecule has 130 valence electrons. The normalized spacial score (nSPS) is 10.0. The van der Waals surface area contributed by atoms with Crippen LogP contribution in [0.4, 0.5) is 5.69 Å². The molecule has 0 radical (unpaired) electrons. The van der Waals surface area contributed by atoms with E-state index in [0.717, 1.165) is 0 Å². The van der Waals surface area contributed by atoms with Crippen LogP contribution >= 0.6 is 0 Å². The van der Waals surface area contributed by atoms with Gasteiger partial charge in [0, 0.05) is 11.3 Å². The number of amides is 1. The minimum Gasteiger partial charge on any atom is -0.484 e. The second-order valence-corrected chi connectivity index (χ2v) is 5.22. The fourth-order valence-electron chi connectivity index (χ4n) is 2.05. The van der Waals surface area contributed by atoms with Gasteiger partial charge >= 0.3 is 5.97 Å². The van der Waals surface area contributed by atoms with Crippen LogP contribution in [0.3, 0.4) is 0 Å². The second-order valence-electron chi connectivity index (χ2n) is 5.22. The average Bonchev–Trinajstić information content (AvgIpc) is 2.61. The van der Waals surface area contributed by atoms with Crippen molar-refractivity contribution >= 4 is 23.3 Å². The molecule has 0 aliphatic rings. The molecule has 0 bridgehead atoms. The maximum Gasteiger partial charge on any atom is 0.338 e. The van der Waals surface area contributed by atoms with Gasteiger partial charge in [0.15, 0.2) is 12.4 Å². The number of anilines is 1. The monoisotopic (exact) mass is 341 g/mol. The largest absolute Gasteiger partial charge is 0.484 e. The summed E-state index contributed by atoms with van der Waals surface area (Å²) in [5.74, 6) is -0.386. The van der Waals surface area contributed by atoms with Crippen LogP contribution in [0.5, 0.6) is 5.75 Å². The summed E-state index contributed by atoms with van der Waals surface area (Å²) in [7, 11) is 0. The number of ketones is 1. The number of nitrogens with one attached hydrogen (secondary N) is 1. The minimum absolute atomic E-state index is 0.0726. The molecule has 6 nitrogen and oxygen atoms in total. The number of carbonyl (C=O) groups excluding carboxylic acids is 3. The fourth-order valence-corrected chi connectivity index (χ4v) is 2.05. The highest BCUT2D eigenvalue weighted by Crippen LogP contribution is 2.14. The first-order valence-electron chi connectivity index (χ1n) is 7.80. The summed E-state index contributed by atoms with van der Waals surface area (Å²) in [6, 6.07) is 13.0. The van der Waals surface area contributed by atoms with Gasteiger partial charge in [-0.1, -0.05) is 12.1 Å². The van der Waals surface area contributed by atoms with Crippen LogP contribution in [0.15, 0.2) is 48.5 Å². The quantitative estimate of drug-likeness (QED) is 0.618. The lowest BCUT2D eigenvalue weighted by Crippen LogP contribution is -2.20. The number of esters is 1. The number of ether oxygens (including phenoxy) is 2. The topological polar surface area (TPSA) is 81.7 Å². The Morgan fingerprint density at radius 1 is 1.00 bits per heavy atom. The van der Waals surface area contributed by atoms with E-state index in [1.165, 1.54) is 6.92 Å². The van der Waals surface area contributed by atoms with Crippen LogP contribution in [0.25, 0.3) is 0 Å². The Morgan fingerprint density at radius 3 is 2.36 bits per heavy atom. The van der Waals surface area contributed by atoms with Crippen molar-refractivity contribution in [3.05, 3.63) is 59.7 Å². The highest BCUT2D eigenvalue weighted by molar-refractivity contribution is 5.95. The van der Waals surface area contributed by atoms with Crippen LogP contribution in [0.1, 0.15) is 34.6 Å². The van der Waals surface area contributed by atoms with Gasteiger partial charge in [0.2, 0.25) is 0 Å². The first kappa shape index (κ1) is 18.2. The summed E-state index contributed by atoms with van der Waals surface area (Å²) in [5, 5.41) is 2.66. The standard InChI is InChI=1S/C19H19NO5/c1-3-24-19(23)14-7-9-16(10-8-14)20-18(22)12-25-17-6-4-5-15(11-17)13(2)21/h4-11H,3,12H2,1-2H3,(H,20,22). The molecule has 0 heterocycles. The maximum atomic E-state index is 11.9. The molecular weight excluding hydrogens is 322 g/mol. The number of rotatable bonds is 7. The van der Waals surface area contributed by atoms with Crippen molar-refractivity contribution in [2.45, 2.75) is 13.8 Å². The molecule has 0 spiro atoms. The van der Waals surface area contributed by atoms with Crippen LogP contribution in [-0.2, 0) is 9.53 Å². The fraction of sp³-hybridized carbons (Fsp3) is 0.211. The van der Waals surface area contributed by atoms with Gasteiger partial charge < -0.3 is 14.8 Å². The molecule has 0 saturated heterocycles. The molecule has 1 amide bonds. The van der Waals surface area contributed by atoms with E-state index in [4.69, 9.17) is 9.47 Å². The number of hydrogen-bond acceptors (Lipinski definition) is 5. The minimum atomic E-state index is -0.408. The second kappa shape index (κ2) is 8.63. The van der Waals surface area contributed by atoms with Crippen molar-refractivity contribution in [1.29, 1.82) is 0 Å². The number of carbonyl (C=O) groups is 3. The van der Waals surface area contributed by atoms with Gasteiger partial charge in [0.05, 0.1) is 12.2 Å². The third-order valence-corrected chi connectivity index (χ3v) is 3.29. The van der Waals surface area contributed by atoms with Gasteiger partial charge in [0.25, 0.3) is 5.91 Å². The van der Waals surface area contributed by atoms with E-state index in [2.05, 4.69) is 5.32 Å². The average molecular weight is 341 g/mol. The molecule has 2 aromatic carbocycles. The van der Waals surface area contributed by atoms with Gasteiger partial charge in [-0.05, 0) is 50.2 Å². The molecule has 0 aromatic heterocycles. The lowest BCUT2D eigenvalue weighted by Gasteiger charge is -2.09. The van der Waals surface area contributed by atoms with Gasteiger partial charge in [-0.2, -0.15) is 0 Å². The van der Waals surface area contributed by atoms with Crippen LogP contribution in [-0.4, -0.2) is 30.9 Å². The predicted octanol–water partition coefficient (Wildman–Crippen LogP) is 3.08. The van der Waals surface area contributed by atoms with Gasteiger partial charge in [0.1, 0.15) is 5.75 Å². The molecule has 0 saturated carbocycles. The van der Waals surface area contributed by atoms with Crippen molar-refractivity contribution in [2.75, 3.05) is 18.5 Å². The molecule has 25 heavy (non-hydrogen) atoms. The molecule has 1 N–H and O–H groups in total. The Kier molecular flexibility index (Phi) is 6.28. The molecule has 6 heteroatoms. The first-order chi connectivity index (χ1) is 12.0. The lowest BCUT2D eigenvalue weighted by atomic mass is 10.1. The van der Waals surface area contributed by atoms with Crippen LogP contribution < -0.4 is 10.1 Å². The number of Topliss-reactive ketones (excluding diaryl/α,β-unsaturated/α-hetero) is 1. The maximum absolute atomic E-state index is 11.9. The summed E-state index contributed by atoms with van der Waals surface area (Å²) >= 11 is 0. The Bertz CT molecular complexity index is 768. The van der Waals surface area contributed by atoms with Gasteiger partial charge in [-0.15, -0.1) is 0 Å². The Labute approximate surface area is 145 Å². The van der Waals surface area contributed by atoms with Crippen LogP contribution in [0, 0.1) is 0 Å². The zero-order valence-corrected chi connectivity index (χ0v) is 14.1. The van der Waals surface area contributed by atoms with E-state index >= 15 is 0 Å². The molecule has 0 atom stereocenters. The van der Waals surface area contributed by atoms with E-state index in [1.54, 1.807) is 55.5 Å². The zero-order valence-electron chi connectivity index (χ0n) is 14.1. The Hall–Kier alpha value is -3.15. The summed E-state index contributed by atoms with van der Waals surface area (Å²) < 4.78 is 10.3. The van der Waals surface area contributed by atoms with E-state index in [9.17, 15) is 14.4 Å². The predicted molar refractivity (Wildman–Crippen MR) is 93.0 cm³/mol. The summed E-state index contributed by atoms with van der Waals surface area (Å²) in [5.41, 5.74) is 1.48. The molecular formula is C19H19NO5. The van der Waals surface area contributed by atoms with E-state index in [0.29, 0.717) is 29.2 Å². The summed E-state index contributed by atoms with van der Waals surface area (Å²) in [6.45, 7) is 3.31. The highest BCUT2D eigenvalue weighted by Gasteiger charge is 2.08. The third kappa shape index (κ3) is 5.46. The first-order valence-corrected chi connectivity index (χ1v) is 7.80. The molecule has 0 aliphatic carbocycles. The van der Waals surface area contributed by atoms with Crippen molar-refractivity contribution < 1.29 is 23.9 Å². The summed E-state index contributed by atoms with van der Waals surface area (Å²) in [6.07, 6.45) is 0. The van der Waals surface area contributed by atoms with E-state index in [-0.39, 0.29) is 18.3 Å². The van der Waals surface area contributed by atoms with Crippen molar-refractivity contribution in [3.8, 4) is 5.75 Å². The molecule has 0 aliphatic heterocycles. The Morgan fingerprint density at radius 2 is 1.72 bits per heavy atom. The van der Waals surface area contributed by atoms with E-state index in [1.807, 2.05) is 0 Å². The third-order valence-electron chi connectivity index (χ3n) is 3.29. The van der Waals surface area contributed by atoms with E-state index < -0.39 is 5.97 Å². The molecule has 0 unspecified atom stereocenters. The summed E-state index contributed by atoms with van der Waals surface area (Å²) in [4.78, 5) is 34.8. The molecule has 2 aromatic rings. The van der Waals surface area contributed by atoms with Crippen LogP contribution in [0.2, 0.25) is 0 Å². The van der Waals surface area contributed by atoms with Gasteiger partial charge in [-0.3, -0.25) is 9.59 Å². The van der Waals surface area contributed by atoms with Crippen molar-refractivity contribution in [2.24, 2.45) is 0 Å². The molecule has 2 rings (SSSR count). The number of hydrogen-bond donors (Lipinski definition) is 1.